The lowest BCUT2D eigenvalue weighted by Crippen LogP contribution is -2.11. The third-order valence-corrected chi connectivity index (χ3v) is 3.19. The van der Waals surface area contributed by atoms with Crippen LogP contribution in [0.3, 0.4) is 0 Å². The standard InChI is InChI=1S/C16H26O6/c1-3-13(17)9-5-7-11-15(19)21-22-16(20)12-8-6-10-14(18)4-2/h3-12H2,1-2H3. The molecule has 0 spiro atoms. The Balaban J connectivity index is 3.54. The Morgan fingerprint density at radius 1 is 0.591 bits per heavy atom. The first-order valence-corrected chi connectivity index (χ1v) is 7.93. The van der Waals surface area contributed by atoms with E-state index in [0.29, 0.717) is 51.4 Å². The van der Waals surface area contributed by atoms with E-state index >= 15 is 0 Å². The van der Waals surface area contributed by atoms with Crippen molar-refractivity contribution in [2.45, 2.75) is 78.1 Å². The monoisotopic (exact) mass is 314 g/mol. The number of carbonyl (C=O) groups excluding carboxylic acids is 4. The molecule has 0 aromatic carbocycles. The van der Waals surface area contributed by atoms with Gasteiger partial charge >= 0.3 is 11.9 Å². The number of rotatable bonds is 12. The summed E-state index contributed by atoms with van der Waals surface area (Å²) in [5.41, 5.74) is 0. The van der Waals surface area contributed by atoms with Crippen molar-refractivity contribution in [3.05, 3.63) is 0 Å². The summed E-state index contributed by atoms with van der Waals surface area (Å²) < 4.78 is 0. The quantitative estimate of drug-likeness (QED) is 0.312. The van der Waals surface area contributed by atoms with Crippen LogP contribution < -0.4 is 0 Å². The molecule has 0 radical (unpaired) electrons. The van der Waals surface area contributed by atoms with Gasteiger partial charge in [-0.2, -0.15) is 0 Å². The minimum atomic E-state index is -0.613. The highest BCUT2D eigenvalue weighted by molar-refractivity contribution is 5.78. The van der Waals surface area contributed by atoms with Gasteiger partial charge in [0.15, 0.2) is 0 Å². The topological polar surface area (TPSA) is 86.7 Å². The molecule has 0 amide bonds. The van der Waals surface area contributed by atoms with Crippen molar-refractivity contribution in [3.8, 4) is 0 Å². The van der Waals surface area contributed by atoms with Crippen LogP contribution in [0.25, 0.3) is 0 Å². The van der Waals surface area contributed by atoms with Crippen LogP contribution >= 0.6 is 0 Å². The molecule has 0 rings (SSSR count). The van der Waals surface area contributed by atoms with Gasteiger partial charge in [-0.3, -0.25) is 9.59 Å². The maximum atomic E-state index is 11.3. The SMILES string of the molecule is CCC(=O)CCCCC(=O)OOC(=O)CCCCC(=O)CC. The first-order chi connectivity index (χ1) is 10.5. The molecule has 0 bridgehead atoms. The van der Waals surface area contributed by atoms with Crippen LogP contribution in [0, 0.1) is 0 Å². The highest BCUT2D eigenvalue weighted by Crippen LogP contribution is 2.06. The zero-order valence-electron chi connectivity index (χ0n) is 13.5. The lowest BCUT2D eigenvalue weighted by Gasteiger charge is -2.03. The van der Waals surface area contributed by atoms with Gasteiger partial charge in [0.25, 0.3) is 0 Å². The van der Waals surface area contributed by atoms with E-state index in [1.54, 1.807) is 13.8 Å². The zero-order chi connectivity index (χ0) is 16.8. The van der Waals surface area contributed by atoms with Gasteiger partial charge in [-0.05, 0) is 25.7 Å². The van der Waals surface area contributed by atoms with Crippen LogP contribution in [0.4, 0.5) is 0 Å². The fourth-order valence-corrected chi connectivity index (χ4v) is 1.71. The predicted octanol–water partition coefficient (Wildman–Crippen LogP) is 3.07. The molecule has 6 heteroatoms. The minimum Gasteiger partial charge on any atom is -0.300 e. The number of hydrogen-bond acceptors (Lipinski definition) is 6. The van der Waals surface area contributed by atoms with E-state index in [2.05, 4.69) is 9.78 Å². The summed E-state index contributed by atoms with van der Waals surface area (Å²) in [5.74, 6) is -0.889. The molecule has 0 saturated carbocycles. The highest BCUT2D eigenvalue weighted by Gasteiger charge is 2.10. The number of carbonyl (C=O) groups is 4. The van der Waals surface area contributed by atoms with Gasteiger partial charge in [0, 0.05) is 25.7 Å². The second kappa shape index (κ2) is 13.0. The number of unbranched alkanes of at least 4 members (excludes halogenated alkanes) is 2. The number of ketones is 2. The molecule has 22 heavy (non-hydrogen) atoms. The minimum absolute atomic E-state index is 0.120. The van der Waals surface area contributed by atoms with Crippen molar-refractivity contribution in [2.75, 3.05) is 0 Å². The lowest BCUT2D eigenvalue weighted by atomic mass is 10.1. The van der Waals surface area contributed by atoms with E-state index in [-0.39, 0.29) is 24.4 Å². The van der Waals surface area contributed by atoms with E-state index in [0.717, 1.165) is 0 Å². The summed E-state index contributed by atoms with van der Waals surface area (Å²) in [6, 6.07) is 0. The van der Waals surface area contributed by atoms with Gasteiger partial charge in [0.2, 0.25) is 0 Å². The summed E-state index contributed by atoms with van der Waals surface area (Å²) in [6.45, 7) is 3.60. The third kappa shape index (κ3) is 12.1. The number of hydrogen-bond donors (Lipinski definition) is 0. The van der Waals surface area contributed by atoms with Crippen LogP contribution in [0.5, 0.6) is 0 Å². The summed E-state index contributed by atoms with van der Waals surface area (Å²) >= 11 is 0. The molecule has 0 aromatic heterocycles. The van der Waals surface area contributed by atoms with Crippen molar-refractivity contribution in [1.82, 2.24) is 0 Å². The molecule has 0 N–H and O–H groups in total. The molecule has 0 fully saturated rings. The maximum Gasteiger partial charge on any atom is 0.355 e. The summed E-state index contributed by atoms with van der Waals surface area (Å²) in [7, 11) is 0. The molecule has 0 aromatic rings. The van der Waals surface area contributed by atoms with Gasteiger partial charge in [-0.15, -0.1) is 0 Å². The Morgan fingerprint density at radius 3 is 1.23 bits per heavy atom. The molecule has 126 valence electrons. The largest absolute Gasteiger partial charge is 0.355 e. The first kappa shape index (κ1) is 20.3. The zero-order valence-corrected chi connectivity index (χ0v) is 13.5. The molecular weight excluding hydrogens is 288 g/mol. The summed E-state index contributed by atoms with van der Waals surface area (Å²) in [4.78, 5) is 53.5. The first-order valence-electron chi connectivity index (χ1n) is 7.93. The van der Waals surface area contributed by atoms with E-state index in [1.807, 2.05) is 0 Å². The van der Waals surface area contributed by atoms with Crippen molar-refractivity contribution in [1.29, 1.82) is 0 Å². The van der Waals surface area contributed by atoms with Crippen LogP contribution in [-0.2, 0) is 29.0 Å². The normalized spacial score (nSPS) is 10.1. The Bertz CT molecular complexity index is 339. The van der Waals surface area contributed by atoms with Crippen molar-refractivity contribution >= 4 is 23.5 Å². The van der Waals surface area contributed by atoms with Gasteiger partial charge < -0.3 is 0 Å². The van der Waals surface area contributed by atoms with Crippen molar-refractivity contribution in [2.24, 2.45) is 0 Å². The molecule has 0 aliphatic carbocycles. The van der Waals surface area contributed by atoms with Gasteiger partial charge in [-0.25, -0.2) is 19.4 Å². The Hall–Kier alpha value is -1.72. The third-order valence-electron chi connectivity index (χ3n) is 3.19. The molecule has 0 aliphatic heterocycles. The van der Waals surface area contributed by atoms with Crippen LogP contribution in [-0.4, -0.2) is 23.5 Å². The predicted molar refractivity (Wildman–Crippen MR) is 79.7 cm³/mol. The van der Waals surface area contributed by atoms with E-state index < -0.39 is 11.9 Å². The van der Waals surface area contributed by atoms with E-state index in [9.17, 15) is 19.2 Å². The van der Waals surface area contributed by atoms with E-state index in [4.69, 9.17) is 0 Å². The number of Topliss-reactive ketones (excluding diaryl/α,β-unsaturated/α-hetero) is 2. The fourth-order valence-electron chi connectivity index (χ4n) is 1.71. The molecule has 0 saturated heterocycles. The Morgan fingerprint density at radius 2 is 0.909 bits per heavy atom. The molecule has 0 atom stereocenters. The lowest BCUT2D eigenvalue weighted by molar-refractivity contribution is -0.259. The molecule has 0 aliphatic rings. The highest BCUT2D eigenvalue weighted by atomic mass is 17.2. The average molecular weight is 314 g/mol. The Kier molecular flexibility index (Phi) is 12.0. The second-order valence-corrected chi connectivity index (χ2v) is 5.11. The molecular formula is C16H26O6. The summed E-state index contributed by atoms with van der Waals surface area (Å²) in [5, 5.41) is 0. The van der Waals surface area contributed by atoms with Gasteiger partial charge in [-0.1, -0.05) is 13.8 Å². The molecule has 0 unspecified atom stereocenters. The van der Waals surface area contributed by atoms with Crippen molar-refractivity contribution in [3.63, 3.8) is 0 Å². The second-order valence-electron chi connectivity index (χ2n) is 5.11. The van der Waals surface area contributed by atoms with Crippen molar-refractivity contribution < 1.29 is 29.0 Å². The van der Waals surface area contributed by atoms with Crippen LogP contribution in [0.1, 0.15) is 78.1 Å². The maximum absolute atomic E-state index is 11.3. The molecule has 0 heterocycles. The Labute approximate surface area is 131 Å². The van der Waals surface area contributed by atoms with Gasteiger partial charge in [0.05, 0.1) is 12.8 Å². The van der Waals surface area contributed by atoms with E-state index in [1.165, 1.54) is 0 Å². The summed E-state index contributed by atoms with van der Waals surface area (Å²) in [6.07, 6.45) is 4.48. The fraction of sp³-hybridized carbons (Fsp3) is 0.750. The van der Waals surface area contributed by atoms with Crippen LogP contribution in [0.2, 0.25) is 0 Å². The van der Waals surface area contributed by atoms with Gasteiger partial charge in [0.1, 0.15) is 11.6 Å². The van der Waals surface area contributed by atoms with Crippen LogP contribution in [0.15, 0.2) is 0 Å². The smallest absolute Gasteiger partial charge is 0.300 e. The average Bonchev–Trinajstić information content (AvgIpc) is 2.52. The molecule has 6 nitrogen and oxygen atoms in total.